The van der Waals surface area contributed by atoms with Crippen molar-refractivity contribution >= 4 is 0 Å². The number of allylic oxidation sites excluding steroid dienone is 1. The molecule has 0 bridgehead atoms. The first-order valence-electron chi connectivity index (χ1n) is 4.19. The zero-order valence-electron chi connectivity index (χ0n) is 7.47. The zero-order chi connectivity index (χ0) is 8.27. The van der Waals surface area contributed by atoms with Gasteiger partial charge in [-0.3, -0.25) is 0 Å². The Morgan fingerprint density at radius 3 is 2.45 bits per heavy atom. The predicted molar refractivity (Wildman–Crippen MR) is 46.4 cm³/mol. The molecular formula is C9H17NO. The summed E-state index contributed by atoms with van der Waals surface area (Å²) in [5.41, 5.74) is 0. The van der Waals surface area contributed by atoms with E-state index in [4.69, 9.17) is 4.74 Å². The maximum Gasteiger partial charge on any atom is 0.101 e. The number of rotatable bonds is 2. The molecule has 11 heavy (non-hydrogen) atoms. The highest BCUT2D eigenvalue weighted by molar-refractivity contribution is 4.79. The number of hydrogen-bond donors (Lipinski definition) is 0. The van der Waals surface area contributed by atoms with E-state index in [1.807, 2.05) is 6.92 Å². The van der Waals surface area contributed by atoms with Gasteiger partial charge in [0.2, 0.25) is 0 Å². The van der Waals surface area contributed by atoms with Gasteiger partial charge in [0.1, 0.15) is 6.10 Å². The van der Waals surface area contributed by atoms with Crippen LogP contribution >= 0.6 is 0 Å². The van der Waals surface area contributed by atoms with Crippen molar-refractivity contribution in [3.63, 3.8) is 0 Å². The molecule has 1 fully saturated rings. The number of nitrogens with zero attached hydrogens (tertiary/aromatic N) is 1. The molecule has 0 aliphatic carbocycles. The fraction of sp³-hybridized carbons (Fsp3) is 0.778. The summed E-state index contributed by atoms with van der Waals surface area (Å²) in [7, 11) is 2.15. The van der Waals surface area contributed by atoms with Gasteiger partial charge in [-0.2, -0.15) is 0 Å². The minimum Gasteiger partial charge on any atom is -0.496 e. The van der Waals surface area contributed by atoms with E-state index >= 15 is 0 Å². The molecule has 0 radical (unpaired) electrons. The van der Waals surface area contributed by atoms with Gasteiger partial charge in [-0.15, -0.1) is 0 Å². The van der Waals surface area contributed by atoms with Crippen LogP contribution in [0.4, 0.5) is 0 Å². The summed E-state index contributed by atoms with van der Waals surface area (Å²) in [6, 6.07) is 0. The first-order valence-corrected chi connectivity index (χ1v) is 4.19. The minimum atomic E-state index is 0.420. The summed E-state index contributed by atoms with van der Waals surface area (Å²) in [6.07, 6.45) is 2.70. The van der Waals surface area contributed by atoms with E-state index in [1.165, 1.54) is 0 Å². The SMILES string of the molecule is C=C(C)OC1CCN(C)CC1. The molecule has 1 aliphatic rings. The number of ether oxygens (including phenoxy) is 1. The molecule has 1 aliphatic heterocycles. The van der Waals surface area contributed by atoms with Gasteiger partial charge >= 0.3 is 0 Å². The topological polar surface area (TPSA) is 12.5 Å². The highest BCUT2D eigenvalue weighted by Gasteiger charge is 2.16. The number of likely N-dealkylation sites (tertiary alicyclic amines) is 1. The van der Waals surface area contributed by atoms with Crippen LogP contribution in [0.3, 0.4) is 0 Å². The van der Waals surface area contributed by atoms with Crippen LogP contribution < -0.4 is 0 Å². The lowest BCUT2D eigenvalue weighted by atomic mass is 10.1. The first-order chi connectivity index (χ1) is 5.18. The van der Waals surface area contributed by atoms with Crippen LogP contribution in [0.15, 0.2) is 12.3 Å². The monoisotopic (exact) mass is 155 g/mol. The largest absolute Gasteiger partial charge is 0.496 e. The molecule has 0 unspecified atom stereocenters. The average molecular weight is 155 g/mol. The summed E-state index contributed by atoms with van der Waals surface area (Å²) in [6.45, 7) is 7.95. The minimum absolute atomic E-state index is 0.420. The van der Waals surface area contributed by atoms with E-state index in [-0.39, 0.29) is 0 Å². The third-order valence-corrected chi connectivity index (χ3v) is 2.03. The number of piperidine rings is 1. The molecule has 1 rings (SSSR count). The molecule has 0 atom stereocenters. The predicted octanol–water partition coefficient (Wildman–Crippen LogP) is 1.63. The van der Waals surface area contributed by atoms with Crippen LogP contribution in [-0.4, -0.2) is 31.1 Å². The lowest BCUT2D eigenvalue weighted by Crippen LogP contribution is -2.33. The molecule has 0 spiro atoms. The molecular weight excluding hydrogens is 138 g/mol. The second-order valence-electron chi connectivity index (χ2n) is 3.32. The lowest BCUT2D eigenvalue weighted by Gasteiger charge is -2.29. The van der Waals surface area contributed by atoms with Crippen molar-refractivity contribution in [2.45, 2.75) is 25.9 Å². The van der Waals surface area contributed by atoms with Gasteiger partial charge in [-0.05, 0) is 26.8 Å². The van der Waals surface area contributed by atoms with E-state index in [0.717, 1.165) is 31.7 Å². The fourth-order valence-corrected chi connectivity index (χ4v) is 1.39. The third kappa shape index (κ3) is 2.93. The summed E-state index contributed by atoms with van der Waals surface area (Å²) in [4.78, 5) is 2.33. The van der Waals surface area contributed by atoms with Crippen LogP contribution in [0.1, 0.15) is 19.8 Å². The summed E-state index contributed by atoms with van der Waals surface area (Å²) >= 11 is 0. The highest BCUT2D eigenvalue weighted by atomic mass is 16.5. The van der Waals surface area contributed by atoms with E-state index in [2.05, 4.69) is 18.5 Å². The van der Waals surface area contributed by atoms with Gasteiger partial charge in [0.25, 0.3) is 0 Å². The van der Waals surface area contributed by atoms with Crippen LogP contribution in [0.25, 0.3) is 0 Å². The van der Waals surface area contributed by atoms with Crippen LogP contribution in [-0.2, 0) is 4.74 Å². The van der Waals surface area contributed by atoms with E-state index in [9.17, 15) is 0 Å². The Bertz CT molecular complexity index is 136. The number of hydrogen-bond acceptors (Lipinski definition) is 2. The average Bonchev–Trinajstić information content (AvgIpc) is 1.93. The van der Waals surface area contributed by atoms with Crippen LogP contribution in [0, 0.1) is 0 Å². The normalized spacial score (nSPS) is 21.6. The van der Waals surface area contributed by atoms with Gasteiger partial charge in [0, 0.05) is 13.1 Å². The van der Waals surface area contributed by atoms with Crippen molar-refractivity contribution in [3.8, 4) is 0 Å². The Morgan fingerprint density at radius 1 is 1.45 bits per heavy atom. The Kier molecular flexibility index (Phi) is 2.94. The standard InChI is InChI=1S/C9H17NO/c1-8(2)11-9-4-6-10(3)7-5-9/h9H,1,4-7H2,2-3H3. The Labute approximate surface area is 68.8 Å². The molecule has 0 aromatic heterocycles. The van der Waals surface area contributed by atoms with E-state index in [0.29, 0.717) is 6.10 Å². The second kappa shape index (κ2) is 3.77. The van der Waals surface area contributed by atoms with Gasteiger partial charge in [-0.25, -0.2) is 0 Å². The molecule has 0 amide bonds. The van der Waals surface area contributed by atoms with Gasteiger partial charge in [0.15, 0.2) is 0 Å². The summed E-state index contributed by atoms with van der Waals surface area (Å²) in [5, 5.41) is 0. The highest BCUT2D eigenvalue weighted by Crippen LogP contribution is 2.14. The van der Waals surface area contributed by atoms with Crippen LogP contribution in [0.5, 0.6) is 0 Å². The molecule has 0 saturated carbocycles. The van der Waals surface area contributed by atoms with Crippen molar-refractivity contribution < 1.29 is 4.74 Å². The Hall–Kier alpha value is -0.500. The van der Waals surface area contributed by atoms with Crippen molar-refractivity contribution in [1.29, 1.82) is 0 Å². The molecule has 0 aromatic carbocycles. The van der Waals surface area contributed by atoms with Gasteiger partial charge in [-0.1, -0.05) is 6.58 Å². The van der Waals surface area contributed by atoms with E-state index in [1.54, 1.807) is 0 Å². The van der Waals surface area contributed by atoms with Crippen LogP contribution in [0.2, 0.25) is 0 Å². The quantitative estimate of drug-likeness (QED) is 0.562. The van der Waals surface area contributed by atoms with Crippen molar-refractivity contribution in [2.75, 3.05) is 20.1 Å². The molecule has 0 N–H and O–H groups in total. The van der Waals surface area contributed by atoms with Crippen molar-refractivity contribution in [2.24, 2.45) is 0 Å². The maximum atomic E-state index is 5.52. The summed E-state index contributed by atoms with van der Waals surface area (Å²) in [5.74, 6) is 0.847. The Morgan fingerprint density at radius 2 is 2.00 bits per heavy atom. The van der Waals surface area contributed by atoms with Gasteiger partial charge in [0.05, 0.1) is 5.76 Å². The Balaban J connectivity index is 2.22. The smallest absolute Gasteiger partial charge is 0.101 e. The molecule has 64 valence electrons. The lowest BCUT2D eigenvalue weighted by molar-refractivity contribution is 0.0598. The summed E-state index contributed by atoms with van der Waals surface area (Å²) < 4.78 is 5.52. The van der Waals surface area contributed by atoms with Gasteiger partial charge < -0.3 is 9.64 Å². The van der Waals surface area contributed by atoms with E-state index < -0.39 is 0 Å². The molecule has 0 aromatic rings. The third-order valence-electron chi connectivity index (χ3n) is 2.03. The second-order valence-corrected chi connectivity index (χ2v) is 3.32. The molecule has 2 heteroatoms. The maximum absolute atomic E-state index is 5.52. The fourth-order valence-electron chi connectivity index (χ4n) is 1.39. The zero-order valence-corrected chi connectivity index (χ0v) is 7.47. The molecule has 1 heterocycles. The molecule has 1 saturated heterocycles. The van der Waals surface area contributed by atoms with Crippen molar-refractivity contribution in [1.82, 2.24) is 4.90 Å². The van der Waals surface area contributed by atoms with Crippen molar-refractivity contribution in [3.05, 3.63) is 12.3 Å². The molecule has 2 nitrogen and oxygen atoms in total. The first kappa shape index (κ1) is 8.60.